The summed E-state index contributed by atoms with van der Waals surface area (Å²) in [6.45, 7) is 0. The normalized spacial score (nSPS) is 24.1. The zero-order valence-corrected chi connectivity index (χ0v) is 18.0. The molecule has 10 heteroatoms. The number of amidine groups is 1. The van der Waals surface area contributed by atoms with Gasteiger partial charge in [-0.2, -0.15) is 4.99 Å². The summed E-state index contributed by atoms with van der Waals surface area (Å²) in [6.07, 6.45) is 0.00205. The number of anilines is 1. The maximum atomic E-state index is 13.1. The third kappa shape index (κ3) is 4.30. The van der Waals surface area contributed by atoms with Crippen molar-refractivity contribution in [2.45, 2.75) is 17.7 Å². The number of benzene rings is 2. The number of nitrogens with zero attached hydrogens (tertiary/aromatic N) is 2. The van der Waals surface area contributed by atoms with Crippen LogP contribution in [0.1, 0.15) is 5.56 Å². The quantitative estimate of drug-likeness (QED) is 0.675. The smallest absolute Gasteiger partial charge is 0.252 e. The minimum absolute atomic E-state index is 0.00205. The highest BCUT2D eigenvalue weighted by Crippen LogP contribution is 2.45. The van der Waals surface area contributed by atoms with Gasteiger partial charge in [0.1, 0.15) is 5.82 Å². The fourth-order valence-corrected chi connectivity index (χ4v) is 7.96. The van der Waals surface area contributed by atoms with Crippen molar-refractivity contribution in [2.75, 3.05) is 16.4 Å². The highest BCUT2D eigenvalue weighted by atomic mass is 35.5. The van der Waals surface area contributed by atoms with E-state index in [1.165, 1.54) is 36.0 Å². The summed E-state index contributed by atoms with van der Waals surface area (Å²) >= 11 is 14.0. The van der Waals surface area contributed by atoms with Crippen LogP contribution in [0.15, 0.2) is 47.5 Å². The first-order valence-corrected chi connectivity index (χ1v) is 12.2. The van der Waals surface area contributed by atoms with E-state index in [1.54, 1.807) is 23.1 Å². The van der Waals surface area contributed by atoms with Crippen LogP contribution in [-0.4, -0.2) is 42.3 Å². The molecule has 1 amide bonds. The summed E-state index contributed by atoms with van der Waals surface area (Å²) in [7, 11) is -3.20. The number of hydrogen-bond acceptors (Lipinski definition) is 4. The van der Waals surface area contributed by atoms with Gasteiger partial charge in [-0.15, -0.1) is 0 Å². The Hall–Kier alpha value is -1.61. The van der Waals surface area contributed by atoms with Gasteiger partial charge in [-0.3, -0.25) is 4.79 Å². The minimum Gasteiger partial charge on any atom is -0.313 e. The van der Waals surface area contributed by atoms with Crippen molar-refractivity contribution in [2.24, 2.45) is 4.99 Å². The second kappa shape index (κ2) is 7.91. The van der Waals surface area contributed by atoms with Gasteiger partial charge in [-0.25, -0.2) is 12.8 Å². The van der Waals surface area contributed by atoms with Gasteiger partial charge >= 0.3 is 0 Å². The van der Waals surface area contributed by atoms with Crippen molar-refractivity contribution < 1.29 is 17.6 Å². The molecule has 2 heterocycles. The standard InChI is InChI=1S/C19H15Cl2FN2O3S2/c20-13-2-1-3-14(21)18(13)24-15-9-29(26,27)10-16(15)28-19(24)23-17(25)8-11-4-6-12(22)7-5-11/h1-7,15-16H,8-10H2/t15-,16-/m0/s1. The minimum atomic E-state index is -3.20. The van der Waals surface area contributed by atoms with Gasteiger partial charge in [0.2, 0.25) is 0 Å². The van der Waals surface area contributed by atoms with Crippen molar-refractivity contribution >= 4 is 61.6 Å². The summed E-state index contributed by atoms with van der Waals surface area (Å²) in [5.74, 6) is -0.855. The Morgan fingerprint density at radius 3 is 2.45 bits per heavy atom. The van der Waals surface area contributed by atoms with Crippen LogP contribution in [0.4, 0.5) is 10.1 Å². The molecule has 5 nitrogen and oxygen atoms in total. The summed E-state index contributed by atoms with van der Waals surface area (Å²) < 4.78 is 37.4. The lowest BCUT2D eigenvalue weighted by molar-refractivity contribution is -0.117. The summed E-state index contributed by atoms with van der Waals surface area (Å²) in [5.41, 5.74) is 1.08. The molecule has 2 fully saturated rings. The molecule has 0 saturated carbocycles. The Morgan fingerprint density at radius 1 is 1.14 bits per heavy atom. The largest absolute Gasteiger partial charge is 0.313 e. The highest BCUT2D eigenvalue weighted by Gasteiger charge is 2.50. The fraction of sp³-hybridized carbons (Fsp3) is 0.263. The van der Waals surface area contributed by atoms with Crippen LogP contribution < -0.4 is 4.90 Å². The van der Waals surface area contributed by atoms with Crippen molar-refractivity contribution in [1.29, 1.82) is 0 Å². The monoisotopic (exact) mass is 472 g/mol. The summed E-state index contributed by atoms with van der Waals surface area (Å²) in [4.78, 5) is 18.4. The average molecular weight is 473 g/mol. The molecule has 0 aromatic heterocycles. The SMILES string of the molecule is O=C(Cc1ccc(F)cc1)N=C1S[C@H]2CS(=O)(=O)C[C@@H]2N1c1c(Cl)cccc1Cl. The number of aliphatic imine (C=N–C) groups is 1. The molecule has 0 radical (unpaired) electrons. The first-order chi connectivity index (χ1) is 13.7. The molecule has 2 aliphatic rings. The number of thioether (sulfide) groups is 1. The molecule has 0 bridgehead atoms. The van der Waals surface area contributed by atoms with Gasteiger partial charge in [0, 0.05) is 5.25 Å². The van der Waals surface area contributed by atoms with E-state index in [-0.39, 0.29) is 29.0 Å². The molecule has 0 spiro atoms. The van der Waals surface area contributed by atoms with Gasteiger partial charge < -0.3 is 4.90 Å². The van der Waals surface area contributed by atoms with E-state index in [2.05, 4.69) is 4.99 Å². The number of carbonyl (C=O) groups excluding carboxylic acids is 1. The molecule has 0 aliphatic carbocycles. The Bertz CT molecular complexity index is 1090. The predicted octanol–water partition coefficient (Wildman–Crippen LogP) is 3.98. The number of amides is 1. The first-order valence-electron chi connectivity index (χ1n) is 8.70. The van der Waals surface area contributed by atoms with Gasteiger partial charge in [0.25, 0.3) is 5.91 Å². The Labute approximate surface area is 181 Å². The van der Waals surface area contributed by atoms with Crippen molar-refractivity contribution in [3.8, 4) is 0 Å². The number of carbonyl (C=O) groups is 1. The molecule has 152 valence electrons. The van der Waals surface area contributed by atoms with Crippen LogP contribution in [-0.2, 0) is 21.1 Å². The van der Waals surface area contributed by atoms with E-state index in [0.717, 1.165) is 0 Å². The van der Waals surface area contributed by atoms with E-state index in [1.807, 2.05) is 0 Å². The van der Waals surface area contributed by atoms with Gasteiger partial charge in [0.05, 0.1) is 39.7 Å². The number of sulfone groups is 1. The van der Waals surface area contributed by atoms with Crippen molar-refractivity contribution in [3.63, 3.8) is 0 Å². The maximum Gasteiger partial charge on any atom is 0.252 e. The molecule has 2 aromatic carbocycles. The lowest BCUT2D eigenvalue weighted by Crippen LogP contribution is -2.38. The first kappa shape index (κ1) is 20.7. The molecule has 29 heavy (non-hydrogen) atoms. The molecule has 0 N–H and O–H groups in total. The number of halogens is 3. The highest BCUT2D eigenvalue weighted by molar-refractivity contribution is 8.16. The van der Waals surface area contributed by atoms with Crippen LogP contribution in [0, 0.1) is 5.82 Å². The number of para-hydroxylation sites is 1. The van der Waals surface area contributed by atoms with Crippen molar-refractivity contribution in [1.82, 2.24) is 0 Å². The number of fused-ring (bicyclic) bond motifs is 1. The van der Waals surface area contributed by atoms with Crippen molar-refractivity contribution in [3.05, 3.63) is 63.9 Å². The molecule has 2 aliphatic heterocycles. The third-order valence-electron chi connectivity index (χ3n) is 4.73. The molecular weight excluding hydrogens is 458 g/mol. The van der Waals surface area contributed by atoms with Gasteiger partial charge in [-0.1, -0.05) is 53.2 Å². The third-order valence-corrected chi connectivity index (χ3v) is 8.55. The maximum absolute atomic E-state index is 13.1. The molecule has 2 saturated heterocycles. The van der Waals surface area contributed by atoms with E-state index >= 15 is 0 Å². The van der Waals surface area contributed by atoms with E-state index in [0.29, 0.717) is 26.5 Å². The Morgan fingerprint density at radius 2 is 1.79 bits per heavy atom. The molecular formula is C19H15Cl2FN2O3S2. The van der Waals surface area contributed by atoms with E-state index in [9.17, 15) is 17.6 Å². The van der Waals surface area contributed by atoms with Crippen LogP contribution in [0.2, 0.25) is 10.0 Å². The van der Waals surface area contributed by atoms with Gasteiger partial charge in [0.15, 0.2) is 15.0 Å². The Kier molecular flexibility index (Phi) is 5.63. The zero-order chi connectivity index (χ0) is 20.8. The predicted molar refractivity (Wildman–Crippen MR) is 115 cm³/mol. The van der Waals surface area contributed by atoms with Gasteiger partial charge in [-0.05, 0) is 29.8 Å². The van der Waals surface area contributed by atoms with Crippen LogP contribution >= 0.6 is 35.0 Å². The molecule has 4 rings (SSSR count). The topological polar surface area (TPSA) is 66.8 Å². The van der Waals surface area contributed by atoms with E-state index in [4.69, 9.17) is 23.2 Å². The average Bonchev–Trinajstić information content (AvgIpc) is 3.09. The zero-order valence-electron chi connectivity index (χ0n) is 14.9. The second-order valence-electron chi connectivity index (χ2n) is 6.83. The number of rotatable bonds is 3. The summed E-state index contributed by atoms with van der Waals surface area (Å²) in [5, 5.41) is 0.810. The summed E-state index contributed by atoms with van der Waals surface area (Å²) in [6, 6.07) is 10.2. The number of hydrogen-bond donors (Lipinski definition) is 0. The lowest BCUT2D eigenvalue weighted by atomic mass is 10.1. The second-order valence-corrected chi connectivity index (χ2v) is 11.0. The van der Waals surface area contributed by atoms with E-state index < -0.39 is 21.8 Å². The molecule has 0 unspecified atom stereocenters. The van der Waals surface area contributed by atoms with Crippen LogP contribution in [0.3, 0.4) is 0 Å². The molecule has 2 atom stereocenters. The van der Waals surface area contributed by atoms with Crippen LogP contribution in [0.5, 0.6) is 0 Å². The lowest BCUT2D eigenvalue weighted by Gasteiger charge is -2.26. The van der Waals surface area contributed by atoms with Crippen LogP contribution in [0.25, 0.3) is 0 Å². The molecule has 2 aromatic rings. The fourth-order valence-electron chi connectivity index (χ4n) is 3.47. The Balaban J connectivity index is 1.69.